The number of amides is 1. The molecule has 1 aromatic rings. The van der Waals surface area contributed by atoms with Gasteiger partial charge in [0.15, 0.2) is 0 Å². The van der Waals surface area contributed by atoms with Crippen molar-refractivity contribution >= 4 is 5.91 Å². The summed E-state index contributed by atoms with van der Waals surface area (Å²) in [6.45, 7) is -0.0251. The molecule has 19 heavy (non-hydrogen) atoms. The molecular formula is C15H20N2O2. The van der Waals surface area contributed by atoms with Crippen LogP contribution in [0.5, 0.6) is 0 Å². The molecule has 2 aliphatic rings. The van der Waals surface area contributed by atoms with E-state index in [-0.39, 0.29) is 24.5 Å². The van der Waals surface area contributed by atoms with E-state index < -0.39 is 0 Å². The molecule has 2 fully saturated rings. The molecular weight excluding hydrogens is 240 g/mol. The Morgan fingerprint density at radius 1 is 1.47 bits per heavy atom. The fourth-order valence-electron chi connectivity index (χ4n) is 3.47. The molecule has 102 valence electrons. The first-order valence-electron chi connectivity index (χ1n) is 7.09. The first-order valence-corrected chi connectivity index (χ1v) is 7.09. The van der Waals surface area contributed by atoms with Gasteiger partial charge in [0, 0.05) is 18.3 Å². The SMILES string of the molecule is O=C(NC(CO)Cc1cccnc1)C1C2CCCC21. The summed E-state index contributed by atoms with van der Waals surface area (Å²) in [5.41, 5.74) is 1.04. The van der Waals surface area contributed by atoms with Gasteiger partial charge in [0.25, 0.3) is 0 Å². The van der Waals surface area contributed by atoms with Gasteiger partial charge in [-0.2, -0.15) is 0 Å². The smallest absolute Gasteiger partial charge is 0.223 e. The number of hydrogen-bond acceptors (Lipinski definition) is 3. The molecule has 0 saturated heterocycles. The van der Waals surface area contributed by atoms with Crippen LogP contribution in [0.4, 0.5) is 0 Å². The van der Waals surface area contributed by atoms with E-state index in [2.05, 4.69) is 10.3 Å². The third-order valence-electron chi connectivity index (χ3n) is 4.48. The minimum absolute atomic E-state index is 0.0251. The number of carbonyl (C=O) groups excluding carboxylic acids is 1. The highest BCUT2D eigenvalue weighted by Gasteiger charge is 2.56. The lowest BCUT2D eigenvalue weighted by Crippen LogP contribution is -2.40. The quantitative estimate of drug-likeness (QED) is 0.834. The Bertz CT molecular complexity index is 439. The van der Waals surface area contributed by atoms with Crippen LogP contribution in [-0.2, 0) is 11.2 Å². The third kappa shape index (κ3) is 2.63. The summed E-state index contributed by atoms with van der Waals surface area (Å²) in [6.07, 6.45) is 7.82. The molecule has 4 heteroatoms. The van der Waals surface area contributed by atoms with E-state index in [0.29, 0.717) is 18.3 Å². The molecule has 2 aliphatic carbocycles. The van der Waals surface area contributed by atoms with Gasteiger partial charge in [0.2, 0.25) is 5.91 Å². The van der Waals surface area contributed by atoms with Crippen molar-refractivity contribution in [3.05, 3.63) is 30.1 Å². The summed E-state index contributed by atoms with van der Waals surface area (Å²) in [5.74, 6) is 1.60. The van der Waals surface area contributed by atoms with Crippen molar-refractivity contribution in [3.8, 4) is 0 Å². The number of pyridine rings is 1. The zero-order valence-corrected chi connectivity index (χ0v) is 11.0. The lowest BCUT2D eigenvalue weighted by molar-refractivity contribution is -0.124. The van der Waals surface area contributed by atoms with Crippen molar-refractivity contribution in [2.24, 2.45) is 17.8 Å². The number of hydrogen-bond donors (Lipinski definition) is 2. The number of nitrogens with zero attached hydrogens (tertiary/aromatic N) is 1. The molecule has 1 aromatic heterocycles. The van der Waals surface area contributed by atoms with Gasteiger partial charge in [-0.05, 0) is 42.7 Å². The number of aliphatic hydroxyl groups excluding tert-OH is 1. The van der Waals surface area contributed by atoms with Crippen LogP contribution in [0.2, 0.25) is 0 Å². The minimum atomic E-state index is -0.196. The number of aliphatic hydroxyl groups is 1. The van der Waals surface area contributed by atoms with Crippen LogP contribution in [0.1, 0.15) is 24.8 Å². The summed E-state index contributed by atoms with van der Waals surface area (Å²) in [6, 6.07) is 3.64. The van der Waals surface area contributed by atoms with E-state index >= 15 is 0 Å². The normalized spacial score (nSPS) is 29.6. The second-order valence-corrected chi connectivity index (χ2v) is 5.74. The lowest BCUT2D eigenvalue weighted by Gasteiger charge is -2.17. The van der Waals surface area contributed by atoms with Crippen LogP contribution in [0.25, 0.3) is 0 Å². The zero-order chi connectivity index (χ0) is 13.2. The third-order valence-corrected chi connectivity index (χ3v) is 4.48. The number of carbonyl (C=O) groups is 1. The van der Waals surface area contributed by atoms with Crippen LogP contribution >= 0.6 is 0 Å². The van der Waals surface area contributed by atoms with Gasteiger partial charge in [-0.25, -0.2) is 0 Å². The van der Waals surface area contributed by atoms with E-state index in [1.54, 1.807) is 12.4 Å². The van der Waals surface area contributed by atoms with E-state index in [1.165, 1.54) is 19.3 Å². The van der Waals surface area contributed by atoms with Gasteiger partial charge in [0.05, 0.1) is 12.6 Å². The fourth-order valence-corrected chi connectivity index (χ4v) is 3.47. The maximum atomic E-state index is 12.1. The first kappa shape index (κ1) is 12.6. The van der Waals surface area contributed by atoms with Crippen molar-refractivity contribution in [2.45, 2.75) is 31.7 Å². The Hall–Kier alpha value is -1.42. The standard InChI is InChI=1S/C15H20N2O2/c18-9-11(7-10-3-2-6-16-8-10)17-15(19)14-12-4-1-5-13(12)14/h2-3,6,8,11-14,18H,1,4-5,7,9H2,(H,17,19). The molecule has 2 saturated carbocycles. The average Bonchev–Trinajstić information content (AvgIpc) is 2.93. The molecule has 0 aromatic carbocycles. The Labute approximate surface area is 113 Å². The monoisotopic (exact) mass is 260 g/mol. The highest BCUT2D eigenvalue weighted by atomic mass is 16.3. The molecule has 1 heterocycles. The predicted octanol–water partition coefficient (Wildman–Crippen LogP) is 1.15. The van der Waals surface area contributed by atoms with Gasteiger partial charge in [-0.1, -0.05) is 12.5 Å². The van der Waals surface area contributed by atoms with Gasteiger partial charge in [0.1, 0.15) is 0 Å². The van der Waals surface area contributed by atoms with Crippen LogP contribution in [0, 0.1) is 17.8 Å². The van der Waals surface area contributed by atoms with Crippen LogP contribution in [-0.4, -0.2) is 28.6 Å². The Morgan fingerprint density at radius 2 is 2.26 bits per heavy atom. The zero-order valence-electron chi connectivity index (χ0n) is 11.0. The molecule has 3 atom stereocenters. The van der Waals surface area contributed by atoms with Crippen LogP contribution in [0.3, 0.4) is 0 Å². The fraction of sp³-hybridized carbons (Fsp3) is 0.600. The van der Waals surface area contributed by atoms with E-state index in [0.717, 1.165) is 5.56 Å². The summed E-state index contributed by atoms with van der Waals surface area (Å²) in [4.78, 5) is 16.2. The summed E-state index contributed by atoms with van der Waals surface area (Å²) in [7, 11) is 0. The summed E-state index contributed by atoms with van der Waals surface area (Å²) >= 11 is 0. The molecule has 3 rings (SSSR count). The van der Waals surface area contributed by atoms with E-state index in [1.807, 2.05) is 12.1 Å². The van der Waals surface area contributed by atoms with Gasteiger partial charge in [-0.3, -0.25) is 9.78 Å². The molecule has 2 N–H and O–H groups in total. The highest BCUT2D eigenvalue weighted by Crippen LogP contribution is 2.57. The van der Waals surface area contributed by atoms with Crippen molar-refractivity contribution < 1.29 is 9.90 Å². The van der Waals surface area contributed by atoms with E-state index in [9.17, 15) is 9.90 Å². The maximum absolute atomic E-state index is 12.1. The largest absolute Gasteiger partial charge is 0.394 e. The Kier molecular flexibility index (Phi) is 3.51. The van der Waals surface area contributed by atoms with Gasteiger partial charge in [-0.15, -0.1) is 0 Å². The summed E-state index contributed by atoms with van der Waals surface area (Å²) in [5, 5.41) is 12.4. The minimum Gasteiger partial charge on any atom is -0.394 e. The van der Waals surface area contributed by atoms with Gasteiger partial charge >= 0.3 is 0 Å². The number of nitrogens with one attached hydrogen (secondary N) is 1. The first-order chi connectivity index (χ1) is 9.29. The van der Waals surface area contributed by atoms with Crippen LogP contribution < -0.4 is 5.32 Å². The molecule has 0 spiro atoms. The topological polar surface area (TPSA) is 62.2 Å². The average molecular weight is 260 g/mol. The van der Waals surface area contributed by atoms with Crippen molar-refractivity contribution in [3.63, 3.8) is 0 Å². The number of fused-ring (bicyclic) bond motifs is 1. The van der Waals surface area contributed by atoms with Crippen molar-refractivity contribution in [2.75, 3.05) is 6.61 Å². The maximum Gasteiger partial charge on any atom is 0.223 e. The molecule has 0 aliphatic heterocycles. The molecule has 1 amide bonds. The summed E-state index contributed by atoms with van der Waals surface area (Å²) < 4.78 is 0. The second kappa shape index (κ2) is 5.29. The van der Waals surface area contributed by atoms with Crippen molar-refractivity contribution in [1.82, 2.24) is 10.3 Å². The number of aromatic nitrogens is 1. The molecule has 4 nitrogen and oxygen atoms in total. The van der Waals surface area contributed by atoms with Crippen LogP contribution in [0.15, 0.2) is 24.5 Å². The lowest BCUT2D eigenvalue weighted by atomic mass is 10.1. The second-order valence-electron chi connectivity index (χ2n) is 5.74. The highest BCUT2D eigenvalue weighted by molar-refractivity contribution is 5.82. The Morgan fingerprint density at radius 3 is 2.89 bits per heavy atom. The Balaban J connectivity index is 1.54. The number of rotatable bonds is 5. The molecule has 0 radical (unpaired) electrons. The molecule has 3 unspecified atom stereocenters. The molecule has 0 bridgehead atoms. The van der Waals surface area contributed by atoms with Gasteiger partial charge < -0.3 is 10.4 Å². The van der Waals surface area contributed by atoms with Crippen molar-refractivity contribution in [1.29, 1.82) is 0 Å². The van der Waals surface area contributed by atoms with E-state index in [4.69, 9.17) is 0 Å². The predicted molar refractivity (Wildman–Crippen MR) is 71.3 cm³/mol.